The molecule has 98 valence electrons. The molecule has 5 heteroatoms. The second kappa shape index (κ2) is 5.44. The lowest BCUT2D eigenvalue weighted by Gasteiger charge is -2.24. The summed E-state index contributed by atoms with van der Waals surface area (Å²) >= 11 is 0. The quantitative estimate of drug-likeness (QED) is 0.868. The summed E-state index contributed by atoms with van der Waals surface area (Å²) in [5.74, 6) is 0.245. The molecule has 1 amide bonds. The van der Waals surface area contributed by atoms with Crippen LogP contribution in [0.15, 0.2) is 12.5 Å². The smallest absolute Gasteiger partial charge is 0.257 e. The third-order valence-corrected chi connectivity index (χ3v) is 3.42. The van der Waals surface area contributed by atoms with Crippen molar-refractivity contribution in [1.29, 1.82) is 0 Å². The third kappa shape index (κ3) is 2.51. The van der Waals surface area contributed by atoms with Gasteiger partial charge in [0.15, 0.2) is 0 Å². The number of hydrogen-bond acceptors (Lipinski definition) is 4. The van der Waals surface area contributed by atoms with E-state index in [0.717, 1.165) is 25.2 Å². The molecule has 18 heavy (non-hydrogen) atoms. The van der Waals surface area contributed by atoms with E-state index in [1.807, 2.05) is 25.8 Å². The minimum atomic E-state index is 0.0213. The lowest BCUT2D eigenvalue weighted by molar-refractivity contribution is 0.0741. The molecule has 1 aromatic heterocycles. The summed E-state index contributed by atoms with van der Waals surface area (Å²) in [7, 11) is 1.86. The average molecular weight is 248 g/mol. The van der Waals surface area contributed by atoms with E-state index in [2.05, 4.69) is 15.3 Å². The van der Waals surface area contributed by atoms with Crippen LogP contribution in [0, 0.1) is 0 Å². The molecule has 0 radical (unpaired) electrons. The minimum absolute atomic E-state index is 0.0213. The first-order valence-electron chi connectivity index (χ1n) is 6.39. The second-order valence-electron chi connectivity index (χ2n) is 5.04. The number of carbonyl (C=O) groups excluding carboxylic acids is 1. The predicted molar refractivity (Wildman–Crippen MR) is 69.5 cm³/mol. The number of nitrogens with one attached hydrogen (secondary N) is 1. The molecule has 0 unspecified atom stereocenters. The van der Waals surface area contributed by atoms with Crippen LogP contribution in [0.25, 0.3) is 0 Å². The molecule has 1 aliphatic heterocycles. The van der Waals surface area contributed by atoms with Crippen molar-refractivity contribution in [2.45, 2.75) is 32.2 Å². The first kappa shape index (κ1) is 13.0. The van der Waals surface area contributed by atoms with Gasteiger partial charge in [0.05, 0.1) is 11.3 Å². The molecule has 1 aromatic rings. The summed E-state index contributed by atoms with van der Waals surface area (Å²) in [5, 5.41) is 3.27. The molecule has 2 heterocycles. The zero-order valence-electron chi connectivity index (χ0n) is 11.2. The van der Waals surface area contributed by atoms with Gasteiger partial charge in [-0.05, 0) is 18.9 Å². The standard InChI is InChI=1S/C13H20N4O/c1-9(2)12-11(7-15-8-16-12)13(18)17(3)10-4-5-14-6-10/h7-10,14H,4-6H2,1-3H3/t10-/m1/s1. The van der Waals surface area contributed by atoms with Crippen LogP contribution in [0.4, 0.5) is 0 Å². The molecule has 5 nitrogen and oxygen atoms in total. The van der Waals surface area contributed by atoms with Crippen LogP contribution < -0.4 is 5.32 Å². The maximum atomic E-state index is 12.5. The summed E-state index contributed by atoms with van der Waals surface area (Å²) in [6, 6.07) is 0.276. The van der Waals surface area contributed by atoms with E-state index in [1.165, 1.54) is 6.33 Å². The Bertz CT molecular complexity index is 427. The van der Waals surface area contributed by atoms with Gasteiger partial charge in [0.2, 0.25) is 0 Å². The van der Waals surface area contributed by atoms with Gasteiger partial charge >= 0.3 is 0 Å². The molecule has 1 atom stereocenters. The van der Waals surface area contributed by atoms with Crippen LogP contribution in [0.2, 0.25) is 0 Å². The largest absolute Gasteiger partial charge is 0.337 e. The average Bonchev–Trinajstić information content (AvgIpc) is 2.90. The monoisotopic (exact) mass is 248 g/mol. The molecule has 1 saturated heterocycles. The molecule has 0 aliphatic carbocycles. The van der Waals surface area contributed by atoms with Crippen LogP contribution >= 0.6 is 0 Å². The van der Waals surface area contributed by atoms with E-state index < -0.39 is 0 Å². The third-order valence-electron chi connectivity index (χ3n) is 3.42. The Balaban J connectivity index is 2.22. The van der Waals surface area contributed by atoms with Crippen molar-refractivity contribution in [3.63, 3.8) is 0 Å². The SMILES string of the molecule is CC(C)c1ncncc1C(=O)N(C)[C@@H]1CCNC1. The molecule has 0 saturated carbocycles. The molecule has 0 aromatic carbocycles. The van der Waals surface area contributed by atoms with E-state index in [0.29, 0.717) is 5.56 Å². The highest BCUT2D eigenvalue weighted by Crippen LogP contribution is 2.18. The number of nitrogens with zero attached hydrogens (tertiary/aromatic N) is 3. The van der Waals surface area contributed by atoms with Crippen molar-refractivity contribution >= 4 is 5.91 Å². The lowest BCUT2D eigenvalue weighted by Crippen LogP contribution is -2.39. The van der Waals surface area contributed by atoms with Crippen molar-refractivity contribution in [2.75, 3.05) is 20.1 Å². The summed E-state index contributed by atoms with van der Waals surface area (Å²) in [6.45, 7) is 5.92. The molecule has 1 aliphatic rings. The molecule has 0 bridgehead atoms. The van der Waals surface area contributed by atoms with E-state index in [1.54, 1.807) is 6.20 Å². The zero-order valence-corrected chi connectivity index (χ0v) is 11.2. The molecule has 0 spiro atoms. The second-order valence-corrected chi connectivity index (χ2v) is 5.04. The normalized spacial score (nSPS) is 19.2. The molecule has 1 fully saturated rings. The lowest BCUT2D eigenvalue weighted by atomic mass is 10.0. The van der Waals surface area contributed by atoms with E-state index >= 15 is 0 Å². The Kier molecular flexibility index (Phi) is 3.91. The van der Waals surface area contributed by atoms with Gasteiger partial charge in [-0.1, -0.05) is 13.8 Å². The van der Waals surface area contributed by atoms with E-state index in [-0.39, 0.29) is 17.9 Å². The van der Waals surface area contributed by atoms with Gasteiger partial charge in [0, 0.05) is 25.8 Å². The highest BCUT2D eigenvalue weighted by molar-refractivity contribution is 5.95. The predicted octanol–water partition coefficient (Wildman–Crippen LogP) is 1.03. The van der Waals surface area contributed by atoms with E-state index in [9.17, 15) is 4.79 Å². The number of aromatic nitrogens is 2. The van der Waals surface area contributed by atoms with Crippen molar-refractivity contribution < 1.29 is 4.79 Å². The van der Waals surface area contributed by atoms with Gasteiger partial charge in [-0.25, -0.2) is 9.97 Å². The van der Waals surface area contributed by atoms with Crippen LogP contribution in [0.3, 0.4) is 0 Å². The van der Waals surface area contributed by atoms with Gasteiger partial charge in [-0.15, -0.1) is 0 Å². The number of hydrogen-bond donors (Lipinski definition) is 1. The molecule has 2 rings (SSSR count). The molecule has 1 N–H and O–H groups in total. The summed E-state index contributed by atoms with van der Waals surface area (Å²) in [6.07, 6.45) is 4.14. The highest BCUT2D eigenvalue weighted by Gasteiger charge is 2.26. The van der Waals surface area contributed by atoms with Crippen molar-refractivity contribution in [2.24, 2.45) is 0 Å². The van der Waals surface area contributed by atoms with Gasteiger partial charge in [0.25, 0.3) is 5.91 Å². The van der Waals surface area contributed by atoms with Gasteiger partial charge < -0.3 is 10.2 Å². The Morgan fingerprint density at radius 2 is 2.33 bits per heavy atom. The van der Waals surface area contributed by atoms with Crippen LogP contribution in [-0.4, -0.2) is 47.0 Å². The van der Waals surface area contributed by atoms with Gasteiger partial charge in [-0.3, -0.25) is 4.79 Å². The van der Waals surface area contributed by atoms with Crippen LogP contribution in [-0.2, 0) is 0 Å². The first-order valence-corrected chi connectivity index (χ1v) is 6.39. The van der Waals surface area contributed by atoms with Gasteiger partial charge in [0.1, 0.15) is 6.33 Å². The minimum Gasteiger partial charge on any atom is -0.337 e. The topological polar surface area (TPSA) is 58.1 Å². The Morgan fingerprint density at radius 3 is 2.94 bits per heavy atom. The first-order chi connectivity index (χ1) is 8.61. The van der Waals surface area contributed by atoms with Crippen LogP contribution in [0.5, 0.6) is 0 Å². The highest BCUT2D eigenvalue weighted by atomic mass is 16.2. The fourth-order valence-corrected chi connectivity index (χ4v) is 2.29. The van der Waals surface area contributed by atoms with Crippen molar-refractivity contribution in [3.05, 3.63) is 23.8 Å². The maximum Gasteiger partial charge on any atom is 0.257 e. The fraction of sp³-hybridized carbons (Fsp3) is 0.615. The zero-order chi connectivity index (χ0) is 13.1. The number of likely N-dealkylation sites (N-methyl/N-ethyl adjacent to an activating group) is 1. The summed E-state index contributed by atoms with van der Waals surface area (Å²) in [5.41, 5.74) is 1.45. The maximum absolute atomic E-state index is 12.5. The summed E-state index contributed by atoms with van der Waals surface area (Å²) < 4.78 is 0. The molecular formula is C13H20N4O. The Morgan fingerprint density at radius 1 is 1.56 bits per heavy atom. The number of rotatable bonds is 3. The van der Waals surface area contributed by atoms with Crippen molar-refractivity contribution in [3.8, 4) is 0 Å². The number of amides is 1. The Labute approximate surface area is 108 Å². The fourth-order valence-electron chi connectivity index (χ4n) is 2.29. The van der Waals surface area contributed by atoms with Crippen LogP contribution in [0.1, 0.15) is 42.2 Å². The molecular weight excluding hydrogens is 228 g/mol. The Hall–Kier alpha value is -1.49. The van der Waals surface area contributed by atoms with Crippen molar-refractivity contribution in [1.82, 2.24) is 20.2 Å². The number of carbonyl (C=O) groups is 1. The summed E-state index contributed by atoms with van der Waals surface area (Å²) in [4.78, 5) is 22.5. The van der Waals surface area contributed by atoms with Gasteiger partial charge in [-0.2, -0.15) is 0 Å². The van der Waals surface area contributed by atoms with E-state index in [4.69, 9.17) is 0 Å².